The molecule has 11 nitrogen and oxygen atoms in total. The molecule has 0 spiro atoms. The number of unbranched alkanes of at least 4 members (excludes halogenated alkanes) is 14. The number of carbonyl (C=O) groups is 5. The lowest BCUT2D eigenvalue weighted by Gasteiger charge is -2.25. The van der Waals surface area contributed by atoms with Crippen molar-refractivity contribution in [2.24, 2.45) is 23.7 Å². The molecule has 2 aliphatic rings. The Labute approximate surface area is 426 Å². The van der Waals surface area contributed by atoms with E-state index >= 15 is 0 Å². The van der Waals surface area contributed by atoms with Crippen molar-refractivity contribution in [1.29, 1.82) is 0 Å². The number of rotatable bonds is 43. The van der Waals surface area contributed by atoms with Crippen molar-refractivity contribution in [3.05, 3.63) is 36.5 Å². The van der Waals surface area contributed by atoms with Crippen LogP contribution < -0.4 is 0 Å². The van der Waals surface area contributed by atoms with Crippen LogP contribution in [0.3, 0.4) is 0 Å². The largest absolute Gasteiger partial charge is 0.466 e. The van der Waals surface area contributed by atoms with E-state index in [2.05, 4.69) is 69.1 Å². The van der Waals surface area contributed by atoms with E-state index < -0.39 is 0 Å². The summed E-state index contributed by atoms with van der Waals surface area (Å²) in [5, 5.41) is 0. The molecule has 2 fully saturated rings. The number of hydrogen-bond donors (Lipinski definition) is 0. The summed E-state index contributed by atoms with van der Waals surface area (Å²) in [6, 6.07) is 0. The molecule has 5 unspecified atom stereocenters. The third-order valence-corrected chi connectivity index (χ3v) is 14.0. The lowest BCUT2D eigenvalue weighted by molar-refractivity contribution is -0.156. The second-order valence-electron chi connectivity index (χ2n) is 20.4. The second-order valence-corrected chi connectivity index (χ2v) is 20.4. The normalized spacial score (nSPS) is 18.9. The highest BCUT2D eigenvalue weighted by Gasteiger charge is 2.40. The van der Waals surface area contributed by atoms with E-state index in [0.29, 0.717) is 44.9 Å². The highest BCUT2D eigenvalue weighted by atomic mass is 16.6. The topological polar surface area (TPSA) is 135 Å². The van der Waals surface area contributed by atoms with Crippen LogP contribution in [0.15, 0.2) is 36.5 Å². The molecule has 1 aliphatic heterocycles. The van der Waals surface area contributed by atoms with Gasteiger partial charge in [-0.2, -0.15) is 0 Å². The van der Waals surface area contributed by atoms with Crippen molar-refractivity contribution in [3.63, 3.8) is 0 Å². The average Bonchev–Trinajstić information content (AvgIpc) is 3.95. The quantitative estimate of drug-likeness (QED) is 0.0250. The number of ether oxygens (including phenoxy) is 5. The Balaban J connectivity index is 1.91. The van der Waals surface area contributed by atoms with Crippen LogP contribution in [0.25, 0.3) is 0 Å². The Morgan fingerprint density at radius 3 is 1.79 bits per heavy atom. The van der Waals surface area contributed by atoms with Crippen LogP contribution in [0.1, 0.15) is 233 Å². The number of hydrogen-bond acceptors (Lipinski definition) is 11. The standard InChI is InChI=1S/C59H101NO10/c1-6-10-14-15-16-17-18-19-20-21-22-23-24-25-26-30-34-52(69-57(63)38-32-31-33-49(47-67-55(61)36-28-12-8-3)48-68-56(62)37-29-13-9-4)42-44-66-58(64)45-50-39-40-54(53(50)35-27-11-7-2)70-59(65)51-41-43-60(5)46-51/h11,16-17,19-20,27,49-54H,6-10,12-15,18,21-26,28-48H2,1-5H3/b17-16-,20-19-,27-11-. The molecule has 2 rings (SSSR count). The molecule has 0 aromatic rings. The zero-order chi connectivity index (χ0) is 50.9. The van der Waals surface area contributed by atoms with Crippen LogP contribution in [0.2, 0.25) is 0 Å². The maximum Gasteiger partial charge on any atom is 0.310 e. The Kier molecular flexibility index (Phi) is 37.7. The van der Waals surface area contributed by atoms with Crippen LogP contribution >= 0.6 is 0 Å². The molecule has 402 valence electrons. The van der Waals surface area contributed by atoms with Gasteiger partial charge in [0.1, 0.15) is 12.2 Å². The molecule has 11 heteroatoms. The molecule has 0 aromatic heterocycles. The number of carbonyl (C=O) groups excluding carboxylic acids is 5. The Bertz CT molecular complexity index is 1450. The molecule has 1 aliphatic carbocycles. The molecular weight excluding hydrogens is 883 g/mol. The smallest absolute Gasteiger partial charge is 0.310 e. The number of allylic oxidation sites excluding steroid dienone is 6. The molecule has 1 heterocycles. The fraction of sp³-hybridized carbons (Fsp3) is 0.814. The van der Waals surface area contributed by atoms with Gasteiger partial charge in [0.2, 0.25) is 0 Å². The van der Waals surface area contributed by atoms with Crippen LogP contribution in [0.4, 0.5) is 0 Å². The zero-order valence-corrected chi connectivity index (χ0v) is 45.1. The first-order chi connectivity index (χ1) is 34.1. The molecular formula is C59H101NO10. The predicted octanol–water partition coefficient (Wildman–Crippen LogP) is 14.1. The third-order valence-electron chi connectivity index (χ3n) is 14.0. The molecule has 1 saturated heterocycles. The summed E-state index contributed by atoms with van der Waals surface area (Å²) in [6.07, 6.45) is 40.8. The van der Waals surface area contributed by atoms with E-state index in [1.165, 1.54) is 44.9 Å². The first-order valence-electron chi connectivity index (χ1n) is 28.6. The van der Waals surface area contributed by atoms with Crippen molar-refractivity contribution in [3.8, 4) is 0 Å². The summed E-state index contributed by atoms with van der Waals surface area (Å²) in [5.74, 6) is -1.18. The number of esters is 5. The van der Waals surface area contributed by atoms with Gasteiger partial charge >= 0.3 is 29.8 Å². The summed E-state index contributed by atoms with van der Waals surface area (Å²) in [7, 11) is 2.03. The average molecular weight is 984 g/mol. The van der Waals surface area contributed by atoms with E-state index in [0.717, 1.165) is 116 Å². The van der Waals surface area contributed by atoms with Crippen LogP contribution in [0, 0.1) is 23.7 Å². The minimum absolute atomic E-state index is 0.0697. The molecule has 5 atom stereocenters. The molecule has 0 amide bonds. The Morgan fingerprint density at radius 2 is 1.16 bits per heavy atom. The number of likely N-dealkylation sites (tertiary alicyclic amines) is 1. The van der Waals surface area contributed by atoms with Gasteiger partial charge in [-0.1, -0.05) is 135 Å². The van der Waals surface area contributed by atoms with Crippen molar-refractivity contribution in [1.82, 2.24) is 4.90 Å². The molecule has 1 saturated carbocycles. The van der Waals surface area contributed by atoms with Gasteiger partial charge in [0.05, 0.1) is 25.7 Å². The minimum Gasteiger partial charge on any atom is -0.466 e. The van der Waals surface area contributed by atoms with Crippen LogP contribution in [-0.4, -0.2) is 86.9 Å². The van der Waals surface area contributed by atoms with E-state index in [-0.39, 0.29) is 98.4 Å². The minimum atomic E-state index is -0.352. The Morgan fingerprint density at radius 1 is 0.571 bits per heavy atom. The lowest BCUT2D eigenvalue weighted by Crippen LogP contribution is -2.30. The van der Waals surface area contributed by atoms with Gasteiger partial charge in [0.25, 0.3) is 0 Å². The molecule has 0 radical (unpaired) electrons. The SMILES string of the molecule is CC/C=C\CC1C(CC(=O)OCCC(CCCCCCCC/C=C\C/C=C\CCCCC)OC(=O)CCCCC(COC(=O)CCCCC)COC(=O)CCCCC)CCC1OC(=O)C1CCN(C)C1. The molecule has 0 N–H and O–H groups in total. The molecule has 0 aromatic carbocycles. The maximum atomic E-state index is 13.4. The van der Waals surface area contributed by atoms with Gasteiger partial charge in [-0.05, 0) is 122 Å². The summed E-state index contributed by atoms with van der Waals surface area (Å²) in [5.41, 5.74) is 0. The predicted molar refractivity (Wildman–Crippen MR) is 282 cm³/mol. The highest BCUT2D eigenvalue weighted by molar-refractivity contribution is 5.73. The second kappa shape index (κ2) is 42.1. The lowest BCUT2D eigenvalue weighted by atomic mass is 9.88. The van der Waals surface area contributed by atoms with Gasteiger partial charge in [-0.15, -0.1) is 0 Å². The first kappa shape index (κ1) is 62.6. The monoisotopic (exact) mass is 984 g/mol. The highest BCUT2D eigenvalue weighted by Crippen LogP contribution is 2.40. The van der Waals surface area contributed by atoms with Gasteiger partial charge in [0.15, 0.2) is 0 Å². The van der Waals surface area contributed by atoms with Crippen molar-refractivity contribution in [2.45, 2.75) is 245 Å². The molecule has 0 bridgehead atoms. The summed E-state index contributed by atoms with van der Waals surface area (Å²) >= 11 is 0. The summed E-state index contributed by atoms with van der Waals surface area (Å²) in [6.45, 7) is 10.7. The van der Waals surface area contributed by atoms with Crippen LogP contribution in [0.5, 0.6) is 0 Å². The van der Waals surface area contributed by atoms with Gasteiger partial charge in [0, 0.05) is 50.5 Å². The Hall–Kier alpha value is -3.47. The van der Waals surface area contributed by atoms with E-state index in [4.69, 9.17) is 23.7 Å². The first-order valence-corrected chi connectivity index (χ1v) is 28.6. The van der Waals surface area contributed by atoms with E-state index in [1.54, 1.807) is 0 Å². The fourth-order valence-electron chi connectivity index (χ4n) is 9.61. The van der Waals surface area contributed by atoms with Crippen molar-refractivity contribution >= 4 is 29.8 Å². The van der Waals surface area contributed by atoms with E-state index in [9.17, 15) is 24.0 Å². The van der Waals surface area contributed by atoms with Gasteiger partial charge < -0.3 is 28.6 Å². The number of nitrogens with zero attached hydrogens (tertiary/aromatic N) is 1. The van der Waals surface area contributed by atoms with Gasteiger partial charge in [-0.3, -0.25) is 24.0 Å². The van der Waals surface area contributed by atoms with E-state index in [1.807, 2.05) is 7.05 Å². The van der Waals surface area contributed by atoms with Crippen molar-refractivity contribution < 1.29 is 47.7 Å². The maximum absolute atomic E-state index is 13.4. The third kappa shape index (κ3) is 31.8. The molecule has 70 heavy (non-hydrogen) atoms. The van der Waals surface area contributed by atoms with Gasteiger partial charge in [-0.25, -0.2) is 0 Å². The van der Waals surface area contributed by atoms with Crippen molar-refractivity contribution in [2.75, 3.05) is 40.0 Å². The van der Waals surface area contributed by atoms with Crippen LogP contribution in [-0.2, 0) is 47.7 Å². The summed E-state index contributed by atoms with van der Waals surface area (Å²) in [4.78, 5) is 66.7. The fourth-order valence-corrected chi connectivity index (χ4v) is 9.61. The summed E-state index contributed by atoms with van der Waals surface area (Å²) < 4.78 is 29.2. The zero-order valence-electron chi connectivity index (χ0n) is 45.1.